The molecule has 126 valence electrons. The van der Waals surface area contributed by atoms with Gasteiger partial charge in [0.15, 0.2) is 6.04 Å². The number of imide groups is 1. The average Bonchev–Trinajstić information content (AvgIpc) is 2.60. The summed E-state index contributed by atoms with van der Waals surface area (Å²) in [6.45, 7) is 2.84. The molecular formula is C19H24N3O2+. The Balaban J connectivity index is 2.05. The fourth-order valence-corrected chi connectivity index (χ4v) is 2.60. The molecule has 0 aliphatic rings. The molecule has 0 spiro atoms. The lowest BCUT2D eigenvalue weighted by Crippen LogP contribution is -2.88. The van der Waals surface area contributed by atoms with E-state index < -0.39 is 12.1 Å². The van der Waals surface area contributed by atoms with Crippen molar-refractivity contribution < 1.29 is 14.9 Å². The van der Waals surface area contributed by atoms with E-state index in [4.69, 9.17) is 0 Å². The van der Waals surface area contributed by atoms with Gasteiger partial charge in [-0.05, 0) is 18.1 Å². The number of amides is 3. The molecular weight excluding hydrogens is 302 g/mol. The number of quaternary nitrogens is 1. The van der Waals surface area contributed by atoms with Crippen molar-refractivity contribution in [2.24, 2.45) is 0 Å². The maximum atomic E-state index is 12.4. The predicted octanol–water partition coefficient (Wildman–Crippen LogP) is 1.30. The third-order valence-corrected chi connectivity index (χ3v) is 3.98. The average molecular weight is 326 g/mol. The van der Waals surface area contributed by atoms with Gasteiger partial charge in [0.25, 0.3) is 5.91 Å². The van der Waals surface area contributed by atoms with Crippen molar-refractivity contribution in [1.82, 2.24) is 10.6 Å². The molecule has 4 N–H and O–H groups in total. The zero-order chi connectivity index (χ0) is 17.4. The standard InChI is InChI=1S/C19H23N3O2/c1-14-8-6-7-9-15(14)12-13-21-17(16-10-4-3-5-11-16)18(23)22-19(24)20-2/h3-11,17,21H,12-13H2,1-2H3,(H2,20,22,23,24)/p+1/t17-/m0/s1. The molecule has 24 heavy (non-hydrogen) atoms. The van der Waals surface area contributed by atoms with Crippen LogP contribution >= 0.6 is 0 Å². The second-order valence-corrected chi connectivity index (χ2v) is 5.66. The number of hydrogen-bond donors (Lipinski definition) is 3. The van der Waals surface area contributed by atoms with Crippen molar-refractivity contribution in [2.75, 3.05) is 13.6 Å². The zero-order valence-corrected chi connectivity index (χ0v) is 14.1. The highest BCUT2D eigenvalue weighted by molar-refractivity contribution is 5.96. The Labute approximate surface area is 142 Å². The summed E-state index contributed by atoms with van der Waals surface area (Å²) in [5, 5.41) is 6.75. The Morgan fingerprint density at radius 3 is 2.38 bits per heavy atom. The SMILES string of the molecule is CNC(=O)NC(=O)[C@@H]([NH2+]CCc1ccccc1C)c1ccccc1. The van der Waals surface area contributed by atoms with E-state index in [1.54, 1.807) is 0 Å². The van der Waals surface area contributed by atoms with Gasteiger partial charge in [-0.25, -0.2) is 4.79 Å². The molecule has 0 fully saturated rings. The van der Waals surface area contributed by atoms with E-state index in [1.165, 1.54) is 18.2 Å². The molecule has 3 amide bonds. The molecule has 0 radical (unpaired) electrons. The van der Waals surface area contributed by atoms with Gasteiger partial charge < -0.3 is 10.6 Å². The minimum absolute atomic E-state index is 0.315. The lowest BCUT2D eigenvalue weighted by molar-refractivity contribution is -0.682. The Hall–Kier alpha value is -2.66. The van der Waals surface area contributed by atoms with Crippen molar-refractivity contribution in [3.8, 4) is 0 Å². The quantitative estimate of drug-likeness (QED) is 0.748. The third-order valence-electron chi connectivity index (χ3n) is 3.98. The normalized spacial score (nSPS) is 11.6. The van der Waals surface area contributed by atoms with Crippen LogP contribution in [-0.4, -0.2) is 25.5 Å². The molecule has 0 saturated heterocycles. The van der Waals surface area contributed by atoms with Crippen LogP contribution in [0.2, 0.25) is 0 Å². The van der Waals surface area contributed by atoms with Crippen molar-refractivity contribution >= 4 is 11.9 Å². The third kappa shape index (κ3) is 4.93. The molecule has 1 atom stereocenters. The molecule has 2 aromatic rings. The minimum atomic E-state index is -0.492. The number of rotatable bonds is 6. The van der Waals surface area contributed by atoms with Crippen molar-refractivity contribution in [2.45, 2.75) is 19.4 Å². The molecule has 5 heteroatoms. The first-order chi connectivity index (χ1) is 11.6. The summed E-state index contributed by atoms with van der Waals surface area (Å²) < 4.78 is 0. The van der Waals surface area contributed by atoms with Crippen molar-refractivity contribution in [3.05, 3.63) is 71.3 Å². The highest BCUT2D eigenvalue weighted by atomic mass is 16.2. The maximum absolute atomic E-state index is 12.4. The molecule has 0 aliphatic heterocycles. The first kappa shape index (κ1) is 17.7. The van der Waals surface area contributed by atoms with Crippen LogP contribution in [0.3, 0.4) is 0 Å². The van der Waals surface area contributed by atoms with Crippen molar-refractivity contribution in [1.29, 1.82) is 0 Å². The van der Waals surface area contributed by atoms with Gasteiger partial charge in [-0.15, -0.1) is 0 Å². The summed E-state index contributed by atoms with van der Waals surface area (Å²) in [5.74, 6) is -0.315. The van der Waals surface area contributed by atoms with Crippen LogP contribution in [0.5, 0.6) is 0 Å². The zero-order valence-electron chi connectivity index (χ0n) is 14.1. The van der Waals surface area contributed by atoms with Crippen LogP contribution < -0.4 is 16.0 Å². The number of hydrogen-bond acceptors (Lipinski definition) is 2. The lowest BCUT2D eigenvalue weighted by atomic mass is 10.0. The van der Waals surface area contributed by atoms with Crippen LogP contribution in [0, 0.1) is 6.92 Å². The van der Waals surface area contributed by atoms with E-state index >= 15 is 0 Å². The van der Waals surface area contributed by atoms with Crippen LogP contribution in [-0.2, 0) is 11.2 Å². The Morgan fingerprint density at radius 1 is 1.04 bits per heavy atom. The Kier molecular flexibility index (Phi) is 6.51. The Bertz CT molecular complexity index is 686. The van der Waals surface area contributed by atoms with Crippen LogP contribution in [0.15, 0.2) is 54.6 Å². The lowest BCUT2D eigenvalue weighted by Gasteiger charge is -2.15. The number of nitrogens with one attached hydrogen (secondary N) is 2. The number of aryl methyl sites for hydroxylation is 1. The fraction of sp³-hybridized carbons (Fsp3) is 0.263. The van der Waals surface area contributed by atoms with E-state index in [9.17, 15) is 9.59 Å². The second kappa shape index (κ2) is 8.84. The second-order valence-electron chi connectivity index (χ2n) is 5.66. The van der Waals surface area contributed by atoms with E-state index in [-0.39, 0.29) is 5.91 Å². The van der Waals surface area contributed by atoms with Crippen LogP contribution in [0.1, 0.15) is 22.7 Å². The van der Waals surface area contributed by atoms with Gasteiger partial charge in [-0.3, -0.25) is 10.1 Å². The fourth-order valence-electron chi connectivity index (χ4n) is 2.60. The molecule has 0 heterocycles. The maximum Gasteiger partial charge on any atom is 0.321 e. The minimum Gasteiger partial charge on any atom is -0.341 e. The molecule has 2 rings (SSSR count). The van der Waals surface area contributed by atoms with Crippen LogP contribution in [0.25, 0.3) is 0 Å². The van der Waals surface area contributed by atoms with Crippen molar-refractivity contribution in [3.63, 3.8) is 0 Å². The number of benzene rings is 2. The number of carbonyl (C=O) groups excluding carboxylic acids is 2. The predicted molar refractivity (Wildman–Crippen MR) is 93.5 cm³/mol. The summed E-state index contributed by atoms with van der Waals surface area (Å²) in [4.78, 5) is 23.9. The van der Waals surface area contributed by atoms with E-state index in [2.05, 4.69) is 29.7 Å². The number of carbonyl (C=O) groups is 2. The van der Waals surface area contributed by atoms with E-state index in [1.807, 2.05) is 47.8 Å². The summed E-state index contributed by atoms with van der Waals surface area (Å²) in [5.41, 5.74) is 3.40. The number of urea groups is 1. The van der Waals surface area contributed by atoms with Gasteiger partial charge in [0.05, 0.1) is 6.54 Å². The summed E-state index contributed by atoms with van der Waals surface area (Å²) in [6, 6.07) is 16.8. The van der Waals surface area contributed by atoms with E-state index in [0.29, 0.717) is 0 Å². The molecule has 0 saturated carbocycles. The molecule has 0 aromatic heterocycles. The first-order valence-electron chi connectivity index (χ1n) is 8.07. The summed E-state index contributed by atoms with van der Waals surface area (Å²) in [6.07, 6.45) is 0.864. The van der Waals surface area contributed by atoms with E-state index in [0.717, 1.165) is 18.5 Å². The monoisotopic (exact) mass is 326 g/mol. The van der Waals surface area contributed by atoms with Gasteiger partial charge in [-0.1, -0.05) is 54.6 Å². The van der Waals surface area contributed by atoms with Gasteiger partial charge >= 0.3 is 6.03 Å². The smallest absolute Gasteiger partial charge is 0.321 e. The highest BCUT2D eigenvalue weighted by Crippen LogP contribution is 2.09. The molecule has 5 nitrogen and oxygen atoms in total. The van der Waals surface area contributed by atoms with Gasteiger partial charge in [0.1, 0.15) is 0 Å². The topological polar surface area (TPSA) is 74.8 Å². The van der Waals surface area contributed by atoms with Gasteiger partial charge in [-0.2, -0.15) is 0 Å². The summed E-state index contributed by atoms with van der Waals surface area (Å²) in [7, 11) is 1.49. The highest BCUT2D eigenvalue weighted by Gasteiger charge is 2.25. The largest absolute Gasteiger partial charge is 0.341 e. The van der Waals surface area contributed by atoms with Gasteiger partial charge in [0.2, 0.25) is 0 Å². The van der Waals surface area contributed by atoms with Gasteiger partial charge in [0, 0.05) is 19.0 Å². The Morgan fingerprint density at radius 2 is 1.71 bits per heavy atom. The molecule has 0 bridgehead atoms. The number of nitrogens with two attached hydrogens (primary N) is 1. The molecule has 2 aromatic carbocycles. The molecule has 0 unspecified atom stereocenters. The summed E-state index contributed by atoms with van der Waals surface area (Å²) >= 11 is 0. The first-order valence-corrected chi connectivity index (χ1v) is 8.07. The molecule has 0 aliphatic carbocycles. The van der Waals surface area contributed by atoms with Crippen LogP contribution in [0.4, 0.5) is 4.79 Å².